The van der Waals surface area contributed by atoms with Crippen LogP contribution >= 0.6 is 17.5 Å². The van der Waals surface area contributed by atoms with Crippen LogP contribution in [0.5, 0.6) is 0 Å². The average molecular weight is 715 g/mol. The van der Waals surface area contributed by atoms with Crippen molar-refractivity contribution in [2.24, 2.45) is 0 Å². The molecule has 0 amide bonds. The zero-order chi connectivity index (χ0) is 35.9. The van der Waals surface area contributed by atoms with E-state index in [-0.39, 0.29) is 0 Å². The Kier molecular flexibility index (Phi) is 11.0. The minimum absolute atomic E-state index is 0.390. The van der Waals surface area contributed by atoms with Crippen molar-refractivity contribution in [1.29, 1.82) is 0 Å². The summed E-state index contributed by atoms with van der Waals surface area (Å²) < 4.78 is 4.89. The molecule has 2 atom stereocenters. The average Bonchev–Trinajstić information content (AvgIpc) is 3.18. The van der Waals surface area contributed by atoms with Crippen molar-refractivity contribution < 1.29 is 0 Å². The van der Waals surface area contributed by atoms with Crippen LogP contribution in [0.15, 0.2) is 170 Å². The van der Waals surface area contributed by atoms with E-state index >= 15 is 0 Å². The summed E-state index contributed by atoms with van der Waals surface area (Å²) in [6.07, 6.45) is 0. The number of hydrogen-bond donors (Lipinski definition) is 2. The van der Waals surface area contributed by atoms with Gasteiger partial charge in [0.15, 0.2) is 0 Å². The highest BCUT2D eigenvalue weighted by molar-refractivity contribution is 7.50. The van der Waals surface area contributed by atoms with E-state index in [0.29, 0.717) is 17.5 Å². The van der Waals surface area contributed by atoms with Crippen LogP contribution in [-0.4, -0.2) is 0 Å². The van der Waals surface area contributed by atoms with Crippen molar-refractivity contribution in [3.63, 3.8) is 0 Å². The van der Waals surface area contributed by atoms with Gasteiger partial charge in [0.1, 0.15) is 0 Å². The predicted molar refractivity (Wildman–Crippen MR) is 231 cm³/mol. The maximum atomic E-state index is 3.72. The molecule has 7 aromatic carbocycles. The van der Waals surface area contributed by atoms with Gasteiger partial charge in [0, 0.05) is 40.2 Å². The highest BCUT2D eigenvalue weighted by atomic mass is 31.1. The summed E-state index contributed by atoms with van der Waals surface area (Å²) in [5.41, 5.74) is 14.0. The highest BCUT2D eigenvalue weighted by Crippen LogP contribution is 2.44. The number of nitrogens with one attached hydrogen (secondary N) is 2. The van der Waals surface area contributed by atoms with E-state index in [2.05, 4.69) is 218 Å². The normalized spacial score (nSPS) is 11.3. The molecule has 6 heteroatoms. The molecule has 0 radical (unpaired) electrons. The Bertz CT molecular complexity index is 2070. The van der Waals surface area contributed by atoms with Crippen molar-refractivity contribution in [3.05, 3.63) is 192 Å². The molecule has 0 saturated heterocycles. The minimum Gasteiger partial charge on any atom is -0.354 e. The lowest BCUT2D eigenvalue weighted by Crippen LogP contribution is -2.16. The summed E-state index contributed by atoms with van der Waals surface area (Å²) in [6.45, 7) is 8.76. The number of nitrogens with zero attached hydrogens (tertiary/aromatic N) is 2. The molecule has 0 spiro atoms. The molecule has 7 aromatic rings. The number of anilines is 8. The number of rotatable bonds is 12. The summed E-state index contributed by atoms with van der Waals surface area (Å²) >= 11 is 0. The van der Waals surface area contributed by atoms with Crippen molar-refractivity contribution in [2.45, 2.75) is 27.7 Å². The van der Waals surface area contributed by atoms with Gasteiger partial charge in [0.2, 0.25) is 0 Å². The Morgan fingerprint density at radius 2 is 0.673 bits per heavy atom. The van der Waals surface area contributed by atoms with Gasteiger partial charge in [-0.3, -0.25) is 0 Å². The molecule has 2 unspecified atom stereocenters. The second-order valence-corrected chi connectivity index (χ2v) is 15.5. The number of aryl methyl sites for hydroxylation is 4. The lowest BCUT2D eigenvalue weighted by molar-refractivity contribution is 1.31. The maximum Gasteiger partial charge on any atom is 0.0687 e. The largest absolute Gasteiger partial charge is 0.354 e. The number of benzene rings is 7. The van der Waals surface area contributed by atoms with Gasteiger partial charge in [-0.2, -0.15) is 0 Å². The van der Waals surface area contributed by atoms with Crippen molar-refractivity contribution in [2.75, 3.05) is 20.0 Å². The van der Waals surface area contributed by atoms with Crippen LogP contribution in [-0.2, 0) is 0 Å². The third-order valence-electron chi connectivity index (χ3n) is 9.21. The van der Waals surface area contributed by atoms with Crippen LogP contribution in [0.25, 0.3) is 0 Å². The molecule has 0 saturated carbocycles. The zero-order valence-corrected chi connectivity index (χ0v) is 32.1. The lowest BCUT2D eigenvalue weighted by Gasteiger charge is -2.29. The van der Waals surface area contributed by atoms with E-state index in [9.17, 15) is 0 Å². The Morgan fingerprint density at radius 1 is 0.365 bits per heavy atom. The maximum absolute atomic E-state index is 3.72. The van der Waals surface area contributed by atoms with Crippen LogP contribution in [0.1, 0.15) is 22.3 Å². The highest BCUT2D eigenvalue weighted by Gasteiger charge is 2.19. The Hall–Kier alpha value is -5.40. The molecular weight excluding hydrogens is 670 g/mol. The number of hydrogen-bond acceptors (Lipinski definition) is 4. The third-order valence-corrected chi connectivity index (χ3v) is 11.8. The summed E-state index contributed by atoms with van der Waals surface area (Å²) in [7, 11) is 0.780. The standard InChI is InChI=1S/C46H44N4P2/c1-33-29-43(47-37-17-9-5-10-18-37)45(31-35(33)3)49(39-21-13-7-14-22-39)51-41-25-27-42(28-26-41)52-50(40-23-15-8-16-24-40)46-32-36(4)34(2)30-44(46)48-38-19-11-6-12-20-38/h5-32,47-48,51-52H,1-4H3. The van der Waals surface area contributed by atoms with Crippen molar-refractivity contribution in [1.82, 2.24) is 0 Å². The number of para-hydroxylation sites is 4. The first kappa shape index (κ1) is 35.0. The van der Waals surface area contributed by atoms with E-state index in [1.165, 1.54) is 32.9 Å². The summed E-state index contributed by atoms with van der Waals surface area (Å²) in [4.78, 5) is 0. The van der Waals surface area contributed by atoms with Crippen LogP contribution in [0.2, 0.25) is 0 Å². The molecule has 0 aliphatic rings. The van der Waals surface area contributed by atoms with Gasteiger partial charge in [-0.1, -0.05) is 97.1 Å². The Morgan fingerprint density at radius 3 is 1.02 bits per heavy atom. The van der Waals surface area contributed by atoms with Crippen LogP contribution in [0.4, 0.5) is 45.5 Å². The summed E-state index contributed by atoms with van der Waals surface area (Å²) in [5.74, 6) is 0. The third kappa shape index (κ3) is 8.38. The first-order chi connectivity index (χ1) is 25.4. The quantitative estimate of drug-likeness (QED) is 0.123. The molecule has 0 heterocycles. The van der Waals surface area contributed by atoms with E-state index in [1.54, 1.807) is 0 Å². The Balaban J connectivity index is 1.22. The SMILES string of the molecule is Cc1cc(Nc2ccccc2)c(N(Pc2ccc(PN(c3ccccc3)c3cc(C)c(C)cc3Nc3ccccc3)cc2)c2ccccc2)cc1C. The summed E-state index contributed by atoms with van der Waals surface area (Å²) in [6, 6.07) is 60.7. The van der Waals surface area contributed by atoms with E-state index in [4.69, 9.17) is 0 Å². The van der Waals surface area contributed by atoms with Crippen molar-refractivity contribution in [3.8, 4) is 0 Å². The van der Waals surface area contributed by atoms with Crippen LogP contribution in [0.3, 0.4) is 0 Å². The molecule has 2 N–H and O–H groups in total. The summed E-state index contributed by atoms with van der Waals surface area (Å²) in [5, 5.41) is 9.97. The van der Waals surface area contributed by atoms with Gasteiger partial charge in [0.25, 0.3) is 0 Å². The van der Waals surface area contributed by atoms with Gasteiger partial charge in [-0.15, -0.1) is 0 Å². The first-order valence-corrected chi connectivity index (χ1v) is 19.5. The van der Waals surface area contributed by atoms with E-state index in [1.807, 2.05) is 0 Å². The molecule has 0 aromatic heterocycles. The fourth-order valence-electron chi connectivity index (χ4n) is 6.09. The lowest BCUT2D eigenvalue weighted by atomic mass is 10.1. The molecule has 258 valence electrons. The Labute approximate surface area is 312 Å². The van der Waals surface area contributed by atoms with E-state index in [0.717, 1.165) is 45.5 Å². The molecular formula is C46H44N4P2. The fraction of sp³-hybridized carbons (Fsp3) is 0.0870. The molecule has 0 fully saturated rings. The van der Waals surface area contributed by atoms with Gasteiger partial charge < -0.3 is 20.0 Å². The monoisotopic (exact) mass is 714 g/mol. The first-order valence-electron chi connectivity index (χ1n) is 17.6. The zero-order valence-electron chi connectivity index (χ0n) is 30.1. The molecule has 52 heavy (non-hydrogen) atoms. The van der Waals surface area contributed by atoms with Crippen molar-refractivity contribution >= 4 is 73.6 Å². The van der Waals surface area contributed by atoms with Crippen LogP contribution < -0.4 is 30.6 Å². The second kappa shape index (κ2) is 16.3. The second-order valence-electron chi connectivity index (χ2n) is 13.0. The smallest absolute Gasteiger partial charge is 0.0687 e. The molecule has 4 nitrogen and oxygen atoms in total. The van der Waals surface area contributed by atoms with E-state index < -0.39 is 0 Å². The molecule has 0 aliphatic carbocycles. The van der Waals surface area contributed by atoms with Gasteiger partial charge in [0.05, 0.1) is 22.7 Å². The predicted octanol–water partition coefficient (Wildman–Crippen LogP) is 12.5. The minimum atomic E-state index is 0.390. The van der Waals surface area contributed by atoms with Gasteiger partial charge >= 0.3 is 0 Å². The molecule has 0 bridgehead atoms. The van der Waals surface area contributed by atoms with Gasteiger partial charge in [-0.25, -0.2) is 0 Å². The molecule has 7 rings (SSSR count). The topological polar surface area (TPSA) is 30.5 Å². The molecule has 0 aliphatic heterocycles. The van der Waals surface area contributed by atoms with Crippen LogP contribution in [0, 0.1) is 27.7 Å². The van der Waals surface area contributed by atoms with Gasteiger partial charge in [-0.05, 0) is 133 Å². The fourth-order valence-corrected chi connectivity index (χ4v) is 8.40.